The lowest BCUT2D eigenvalue weighted by Gasteiger charge is -2.27. The van der Waals surface area contributed by atoms with Crippen molar-refractivity contribution in [1.82, 2.24) is 5.32 Å². The molecule has 3 amide bonds. The zero-order valence-electron chi connectivity index (χ0n) is 22.1. The summed E-state index contributed by atoms with van der Waals surface area (Å²) in [6, 6.07) is 20.3. The van der Waals surface area contributed by atoms with Gasteiger partial charge in [-0.05, 0) is 54.1 Å². The summed E-state index contributed by atoms with van der Waals surface area (Å²) in [6.07, 6.45) is 4.30. The zero-order valence-corrected chi connectivity index (χ0v) is 22.8. The molecule has 0 aromatic heterocycles. The minimum Gasteiger partial charge on any atom is -0.370 e. The van der Waals surface area contributed by atoms with Gasteiger partial charge in [-0.25, -0.2) is 5.84 Å². The van der Waals surface area contributed by atoms with Crippen molar-refractivity contribution >= 4 is 58.8 Å². The van der Waals surface area contributed by atoms with E-state index in [2.05, 4.69) is 15.7 Å². The molecule has 0 saturated carbocycles. The number of ether oxygens (including phenoxy) is 1. The van der Waals surface area contributed by atoms with Gasteiger partial charge in [0.15, 0.2) is 0 Å². The minimum atomic E-state index is -0.885. The maximum absolute atomic E-state index is 13.3. The predicted octanol–water partition coefficient (Wildman–Crippen LogP) is 2.66. The summed E-state index contributed by atoms with van der Waals surface area (Å²) in [6.45, 7) is 0.966. The first kappa shape index (κ1) is 29.3. The van der Waals surface area contributed by atoms with E-state index in [9.17, 15) is 14.4 Å². The number of carbonyl (C=O) groups is 3. The highest BCUT2D eigenvalue weighted by Gasteiger charge is 2.22. The van der Waals surface area contributed by atoms with E-state index in [1.165, 1.54) is 23.5 Å². The molecule has 6 N–H and O–H groups in total. The van der Waals surface area contributed by atoms with Crippen LogP contribution >= 0.6 is 11.6 Å². The first-order valence-electron chi connectivity index (χ1n) is 12.7. The van der Waals surface area contributed by atoms with Crippen molar-refractivity contribution in [2.75, 3.05) is 35.0 Å². The number of hydrogen-bond donors (Lipinski definition) is 4. The second-order valence-corrected chi connectivity index (χ2v) is 9.53. The normalized spacial score (nSPS) is 14.3. The molecule has 1 atom stereocenters. The fourth-order valence-electron chi connectivity index (χ4n) is 4.22. The number of hydrazine groups is 1. The number of anilines is 3. The van der Waals surface area contributed by atoms with Gasteiger partial charge < -0.3 is 26.1 Å². The van der Waals surface area contributed by atoms with Crippen molar-refractivity contribution in [3.63, 3.8) is 0 Å². The van der Waals surface area contributed by atoms with Crippen molar-refractivity contribution in [3.05, 3.63) is 95.0 Å². The summed E-state index contributed by atoms with van der Waals surface area (Å²) in [5.74, 6) is 10.1. The van der Waals surface area contributed by atoms with Gasteiger partial charge in [-0.2, -0.15) is 5.10 Å². The molecule has 1 fully saturated rings. The van der Waals surface area contributed by atoms with Gasteiger partial charge in [-0.15, -0.1) is 0 Å². The van der Waals surface area contributed by atoms with E-state index >= 15 is 0 Å². The van der Waals surface area contributed by atoms with Gasteiger partial charge >= 0.3 is 0 Å². The van der Waals surface area contributed by atoms with E-state index in [-0.39, 0.29) is 18.9 Å². The topological polar surface area (TPSA) is 155 Å². The van der Waals surface area contributed by atoms with Crippen molar-refractivity contribution in [3.8, 4) is 0 Å². The van der Waals surface area contributed by atoms with Crippen LogP contribution in [0.4, 0.5) is 17.1 Å². The molecule has 1 aliphatic heterocycles. The first-order valence-corrected chi connectivity index (χ1v) is 13.1. The predicted molar refractivity (Wildman–Crippen MR) is 160 cm³/mol. The quantitative estimate of drug-likeness (QED) is 0.0952. The number of nitrogens with one attached hydrogen (secondary N) is 2. The Kier molecular flexibility index (Phi) is 10.1. The maximum atomic E-state index is 13.3. The third-order valence-corrected chi connectivity index (χ3v) is 6.46. The lowest BCUT2D eigenvalue weighted by molar-refractivity contribution is -0.125. The molecule has 212 valence electrons. The highest BCUT2D eigenvalue weighted by atomic mass is 35.5. The monoisotopic (exact) mass is 575 g/mol. The van der Waals surface area contributed by atoms with Crippen LogP contribution in [0.2, 0.25) is 5.02 Å². The molecular weight excluding hydrogens is 546 g/mol. The van der Waals surface area contributed by atoms with E-state index in [0.29, 0.717) is 40.8 Å². The summed E-state index contributed by atoms with van der Waals surface area (Å²) in [5, 5.41) is 10.7. The number of halogens is 1. The summed E-state index contributed by atoms with van der Waals surface area (Å²) < 4.78 is 5.18. The van der Waals surface area contributed by atoms with Crippen molar-refractivity contribution in [1.29, 1.82) is 0 Å². The van der Waals surface area contributed by atoms with E-state index in [4.69, 9.17) is 28.0 Å². The molecule has 3 aromatic rings. The number of amides is 3. The van der Waals surface area contributed by atoms with Gasteiger partial charge in [0.25, 0.3) is 5.91 Å². The van der Waals surface area contributed by atoms with E-state index < -0.39 is 17.9 Å². The van der Waals surface area contributed by atoms with Crippen LogP contribution in [0.25, 0.3) is 6.08 Å². The average molecular weight is 576 g/mol. The fraction of sp³-hybridized carbons (Fsp3) is 0.172. The molecule has 1 aliphatic rings. The third kappa shape index (κ3) is 8.15. The van der Waals surface area contributed by atoms with Gasteiger partial charge in [-0.1, -0.05) is 41.9 Å². The van der Waals surface area contributed by atoms with Crippen LogP contribution in [0.15, 0.2) is 84.0 Å². The largest absolute Gasteiger partial charge is 0.370 e. The molecule has 4 rings (SSSR count). The summed E-state index contributed by atoms with van der Waals surface area (Å²) in [7, 11) is 0. The number of morpholine rings is 1. The Labute approximate surface area is 242 Å². The summed E-state index contributed by atoms with van der Waals surface area (Å²) in [5.41, 5.74) is 3.15. The highest BCUT2D eigenvalue weighted by Crippen LogP contribution is 2.24. The second kappa shape index (κ2) is 14.1. The average Bonchev–Trinajstić information content (AvgIpc) is 2.97. The van der Waals surface area contributed by atoms with E-state index in [0.717, 1.165) is 5.56 Å². The van der Waals surface area contributed by atoms with Crippen LogP contribution in [-0.2, 0) is 25.5 Å². The van der Waals surface area contributed by atoms with Gasteiger partial charge in [0.1, 0.15) is 19.0 Å². The second-order valence-electron chi connectivity index (χ2n) is 9.09. The smallest absolute Gasteiger partial charge is 0.253 e. The molecule has 3 aromatic carbocycles. The number of rotatable bonds is 10. The molecule has 1 saturated heterocycles. The molecule has 12 heteroatoms. The Bertz CT molecular complexity index is 1430. The van der Waals surface area contributed by atoms with E-state index in [1.807, 2.05) is 30.3 Å². The number of hydrazone groups is 1. The van der Waals surface area contributed by atoms with Gasteiger partial charge in [0.05, 0.1) is 12.3 Å². The Morgan fingerprint density at radius 3 is 2.59 bits per heavy atom. The summed E-state index contributed by atoms with van der Waals surface area (Å²) in [4.78, 5) is 40.1. The van der Waals surface area contributed by atoms with Gasteiger partial charge in [0, 0.05) is 41.0 Å². The van der Waals surface area contributed by atoms with Crippen LogP contribution in [-0.4, -0.2) is 49.9 Å². The Morgan fingerprint density at radius 2 is 1.88 bits per heavy atom. The summed E-state index contributed by atoms with van der Waals surface area (Å²) >= 11 is 6.14. The molecular formula is C29H30ClN7O4. The lowest BCUT2D eigenvalue weighted by Crippen LogP contribution is -2.44. The zero-order chi connectivity index (χ0) is 29.2. The van der Waals surface area contributed by atoms with Crippen molar-refractivity contribution in [2.24, 2.45) is 16.8 Å². The first-order chi connectivity index (χ1) is 19.8. The fourth-order valence-corrected chi connectivity index (χ4v) is 4.40. The minimum absolute atomic E-state index is 0.0405. The van der Waals surface area contributed by atoms with Crippen LogP contribution < -0.4 is 32.2 Å². The van der Waals surface area contributed by atoms with Crippen LogP contribution in [0.1, 0.15) is 11.1 Å². The Balaban J connectivity index is 1.48. The van der Waals surface area contributed by atoms with Crippen LogP contribution in [0.3, 0.4) is 0 Å². The Hall–Kier alpha value is -4.71. The number of hydrogen-bond acceptors (Lipinski definition) is 7. The molecule has 0 spiro atoms. The molecule has 0 aliphatic carbocycles. The number of carbonyl (C=O) groups excluding carboxylic acids is 3. The number of nitrogens with two attached hydrogens (primary N) is 2. The lowest BCUT2D eigenvalue weighted by atomic mass is 10.0. The molecule has 0 unspecified atom stereocenters. The highest BCUT2D eigenvalue weighted by molar-refractivity contribution is 6.30. The molecule has 41 heavy (non-hydrogen) atoms. The van der Waals surface area contributed by atoms with E-state index in [1.54, 1.807) is 47.4 Å². The molecule has 11 nitrogen and oxygen atoms in total. The van der Waals surface area contributed by atoms with Gasteiger partial charge in [-0.3, -0.25) is 19.4 Å². The number of nitrogens with zero attached hydrogens (tertiary/aromatic N) is 3. The maximum Gasteiger partial charge on any atom is 0.253 e. The third-order valence-electron chi connectivity index (χ3n) is 6.22. The van der Waals surface area contributed by atoms with Crippen molar-refractivity contribution < 1.29 is 19.1 Å². The van der Waals surface area contributed by atoms with Crippen LogP contribution in [0.5, 0.6) is 0 Å². The molecule has 0 bridgehead atoms. The van der Waals surface area contributed by atoms with Crippen molar-refractivity contribution in [2.45, 2.75) is 12.5 Å². The number of benzene rings is 3. The van der Waals surface area contributed by atoms with Crippen LogP contribution in [0, 0.1) is 0 Å². The standard InChI is InChI=1S/C29H30ClN7O4/c30-22-7-12-26(37(32)19-33-31)21(17-22)6-13-27(38)35-25(16-20-4-2-1-3-5-20)29(40)34-23-8-10-24(11-9-23)36-14-15-41-18-28(36)39/h1-13,17,19,25H,14-16,18,31-32H2,(H,34,40)(H,35,38)/b13-6+,33-19-/t25-/m0/s1. The molecule has 1 heterocycles. The SMILES string of the molecule is N/N=C\N(N)c1ccc(Cl)cc1/C=C/C(=O)N[C@@H](Cc1ccccc1)C(=O)Nc1ccc(N2CCOCC2=O)cc1. The van der Waals surface area contributed by atoms with Gasteiger partial charge in [0.2, 0.25) is 11.8 Å². The Morgan fingerprint density at radius 1 is 1.12 bits per heavy atom. The molecule has 0 radical (unpaired) electrons.